The molecule has 3 rings (SSSR count). The molecular formula is C23H34N5O7P. The molecule has 0 atom stereocenters. The van der Waals surface area contributed by atoms with Gasteiger partial charge in [0, 0.05) is 17.8 Å². The van der Waals surface area contributed by atoms with Crippen molar-refractivity contribution in [3.63, 3.8) is 0 Å². The highest BCUT2D eigenvalue weighted by Gasteiger charge is 2.42. The normalized spacial score (nSPS) is 15.8. The van der Waals surface area contributed by atoms with Gasteiger partial charge in [-0.15, -0.1) is 0 Å². The van der Waals surface area contributed by atoms with Crippen LogP contribution in [0.5, 0.6) is 0 Å². The van der Waals surface area contributed by atoms with E-state index in [1.54, 1.807) is 53.9 Å². The van der Waals surface area contributed by atoms with Gasteiger partial charge in [0.05, 0.1) is 17.2 Å². The van der Waals surface area contributed by atoms with E-state index in [1.807, 2.05) is 4.57 Å². The highest BCUT2D eigenvalue weighted by atomic mass is 31.2. The van der Waals surface area contributed by atoms with Gasteiger partial charge in [-0.3, -0.25) is 23.2 Å². The molecule has 0 spiro atoms. The quantitative estimate of drug-likeness (QED) is 0.272. The van der Waals surface area contributed by atoms with Crippen molar-refractivity contribution in [1.82, 2.24) is 19.5 Å². The van der Waals surface area contributed by atoms with Crippen LogP contribution in [0.15, 0.2) is 24.5 Å². The Morgan fingerprint density at radius 2 is 1.58 bits per heavy atom. The molecule has 0 radical (unpaired) electrons. The van der Waals surface area contributed by atoms with Crippen molar-refractivity contribution >= 4 is 36.5 Å². The monoisotopic (exact) mass is 523 g/mol. The Morgan fingerprint density at radius 1 is 1.03 bits per heavy atom. The number of rotatable bonds is 10. The second kappa shape index (κ2) is 10.3. The Kier molecular flexibility index (Phi) is 7.92. The maximum absolute atomic E-state index is 13.4. The standard InChI is InChI=1S/C23H34N5O7P/c1-21(2,3)19(29)32-14-34-36(31,35-15-33-20(30)22(4,5)6)10-9-23(7-8-23)11-28-13-27-16-17(24)25-12-26-18(16)28/h9-10,12-13H,7-8,11,14-15H2,1-6H3,(H2,24,25,26)/b10-9+. The lowest BCUT2D eigenvalue weighted by molar-refractivity contribution is -0.161. The fourth-order valence-corrected chi connectivity index (χ4v) is 4.15. The first-order valence-corrected chi connectivity index (χ1v) is 13.1. The summed E-state index contributed by atoms with van der Waals surface area (Å²) in [5.74, 6) is 0.562. The highest BCUT2D eigenvalue weighted by molar-refractivity contribution is 7.57. The van der Waals surface area contributed by atoms with Crippen LogP contribution >= 0.6 is 7.60 Å². The second-order valence-electron chi connectivity index (χ2n) is 10.9. The maximum Gasteiger partial charge on any atom is 0.359 e. The molecule has 1 aliphatic rings. The predicted molar refractivity (Wildman–Crippen MR) is 131 cm³/mol. The van der Waals surface area contributed by atoms with Crippen molar-refractivity contribution in [2.75, 3.05) is 19.3 Å². The number of nitrogen functional groups attached to an aromatic ring is 1. The molecule has 0 aliphatic heterocycles. The first-order valence-electron chi connectivity index (χ1n) is 11.5. The van der Waals surface area contributed by atoms with Crippen molar-refractivity contribution in [2.45, 2.75) is 60.9 Å². The van der Waals surface area contributed by atoms with E-state index < -0.39 is 44.0 Å². The van der Waals surface area contributed by atoms with Crippen LogP contribution in [0, 0.1) is 16.2 Å². The van der Waals surface area contributed by atoms with Gasteiger partial charge in [-0.05, 0) is 54.4 Å². The van der Waals surface area contributed by atoms with Gasteiger partial charge in [-0.25, -0.2) is 15.0 Å². The molecule has 0 unspecified atom stereocenters. The van der Waals surface area contributed by atoms with Gasteiger partial charge >= 0.3 is 19.5 Å². The fraction of sp³-hybridized carbons (Fsp3) is 0.609. The summed E-state index contributed by atoms with van der Waals surface area (Å²) in [5, 5.41) is 0. The van der Waals surface area contributed by atoms with E-state index in [-0.39, 0.29) is 5.41 Å². The molecule has 198 valence electrons. The number of nitrogens with two attached hydrogens (primary N) is 1. The van der Waals surface area contributed by atoms with Crippen LogP contribution in [-0.2, 0) is 39.2 Å². The number of carbonyl (C=O) groups is 2. The van der Waals surface area contributed by atoms with E-state index in [4.69, 9.17) is 24.3 Å². The largest absolute Gasteiger partial charge is 0.438 e. The number of ether oxygens (including phenoxy) is 2. The van der Waals surface area contributed by atoms with Gasteiger partial charge in [0.2, 0.25) is 13.6 Å². The van der Waals surface area contributed by atoms with Crippen LogP contribution in [-0.4, -0.2) is 45.0 Å². The van der Waals surface area contributed by atoms with E-state index in [2.05, 4.69) is 15.0 Å². The molecule has 2 aromatic heterocycles. The number of nitrogens with zero attached hydrogens (tertiary/aromatic N) is 4. The number of hydrogen-bond donors (Lipinski definition) is 1. The van der Waals surface area contributed by atoms with Gasteiger partial charge < -0.3 is 19.8 Å². The topological polar surface area (TPSA) is 158 Å². The van der Waals surface area contributed by atoms with Gasteiger partial charge in [-0.1, -0.05) is 6.08 Å². The lowest BCUT2D eigenvalue weighted by atomic mass is 9.98. The summed E-state index contributed by atoms with van der Waals surface area (Å²) in [4.78, 5) is 36.6. The molecule has 36 heavy (non-hydrogen) atoms. The molecule has 1 fully saturated rings. The molecule has 0 saturated heterocycles. The minimum absolute atomic E-state index is 0.292. The first kappa shape index (κ1) is 27.8. The molecule has 1 aliphatic carbocycles. The highest BCUT2D eigenvalue weighted by Crippen LogP contribution is 2.55. The van der Waals surface area contributed by atoms with E-state index >= 15 is 0 Å². The molecule has 2 aromatic rings. The number of fused-ring (bicyclic) bond motifs is 1. The maximum atomic E-state index is 13.4. The minimum Gasteiger partial charge on any atom is -0.438 e. The van der Waals surface area contributed by atoms with Gasteiger partial charge in [0.1, 0.15) is 11.8 Å². The van der Waals surface area contributed by atoms with Crippen molar-refractivity contribution in [3.05, 3.63) is 24.5 Å². The van der Waals surface area contributed by atoms with Crippen LogP contribution in [0.1, 0.15) is 54.4 Å². The lowest BCUT2D eigenvalue weighted by Crippen LogP contribution is -2.24. The van der Waals surface area contributed by atoms with E-state index in [9.17, 15) is 14.2 Å². The third-order valence-electron chi connectivity index (χ3n) is 5.49. The van der Waals surface area contributed by atoms with Crippen LogP contribution in [0.2, 0.25) is 0 Å². The molecule has 12 nitrogen and oxygen atoms in total. The Labute approximate surface area is 210 Å². The van der Waals surface area contributed by atoms with Crippen LogP contribution < -0.4 is 5.73 Å². The summed E-state index contributed by atoms with van der Waals surface area (Å²) < 4.78 is 36.2. The minimum atomic E-state index is -3.94. The summed E-state index contributed by atoms with van der Waals surface area (Å²) >= 11 is 0. The zero-order valence-electron chi connectivity index (χ0n) is 21.5. The SMILES string of the molecule is CC(C)(C)C(=O)OCOP(=O)(/C=C/C1(Cn2cnc3c(N)ncnc32)CC1)OCOC(=O)C(C)(C)C. The summed E-state index contributed by atoms with van der Waals surface area (Å²) in [6.07, 6.45) is 6.40. The predicted octanol–water partition coefficient (Wildman–Crippen LogP) is 4.02. The molecule has 2 heterocycles. The Morgan fingerprint density at radius 3 is 2.08 bits per heavy atom. The van der Waals surface area contributed by atoms with E-state index in [0.29, 0.717) is 23.5 Å². The van der Waals surface area contributed by atoms with Crippen LogP contribution in [0.4, 0.5) is 5.82 Å². The van der Waals surface area contributed by atoms with Gasteiger partial charge in [0.15, 0.2) is 11.5 Å². The lowest BCUT2D eigenvalue weighted by Gasteiger charge is -2.21. The van der Waals surface area contributed by atoms with Crippen LogP contribution in [0.3, 0.4) is 0 Å². The number of imidazole rings is 1. The molecule has 1 saturated carbocycles. The molecule has 2 N–H and O–H groups in total. The number of allylic oxidation sites excluding steroid dienone is 1. The Bertz CT molecular complexity index is 1160. The molecule has 13 heteroatoms. The zero-order chi connectivity index (χ0) is 26.8. The number of esters is 2. The third-order valence-corrected chi connectivity index (χ3v) is 6.93. The Hall–Kier alpha value is -2.82. The number of carbonyl (C=O) groups excluding carboxylic acids is 2. The summed E-state index contributed by atoms with van der Waals surface area (Å²) in [6, 6.07) is 0. The van der Waals surface area contributed by atoms with Gasteiger partial charge in [-0.2, -0.15) is 0 Å². The van der Waals surface area contributed by atoms with Crippen LogP contribution in [0.25, 0.3) is 11.2 Å². The molecule has 0 aromatic carbocycles. The summed E-state index contributed by atoms with van der Waals surface area (Å²) in [5.41, 5.74) is 5.13. The number of aromatic nitrogens is 4. The third kappa shape index (κ3) is 7.11. The fourth-order valence-electron chi connectivity index (χ4n) is 3.00. The average Bonchev–Trinajstić information content (AvgIpc) is 3.42. The molecular weight excluding hydrogens is 489 g/mol. The number of anilines is 1. The second-order valence-corrected chi connectivity index (χ2v) is 12.8. The smallest absolute Gasteiger partial charge is 0.359 e. The molecule has 0 bridgehead atoms. The number of hydrogen-bond acceptors (Lipinski definition) is 11. The van der Waals surface area contributed by atoms with Crippen molar-refractivity contribution in [3.8, 4) is 0 Å². The van der Waals surface area contributed by atoms with Gasteiger partial charge in [0.25, 0.3) is 0 Å². The Balaban J connectivity index is 1.72. The van der Waals surface area contributed by atoms with E-state index in [1.165, 1.54) is 12.1 Å². The van der Waals surface area contributed by atoms with Crippen molar-refractivity contribution in [2.24, 2.45) is 16.2 Å². The van der Waals surface area contributed by atoms with E-state index in [0.717, 1.165) is 12.8 Å². The first-order chi connectivity index (χ1) is 16.6. The summed E-state index contributed by atoms with van der Waals surface area (Å²) in [6.45, 7) is 9.46. The van der Waals surface area contributed by atoms with Crippen molar-refractivity contribution in [1.29, 1.82) is 0 Å². The average molecular weight is 524 g/mol. The summed E-state index contributed by atoms with van der Waals surface area (Å²) in [7, 11) is -3.94. The zero-order valence-corrected chi connectivity index (χ0v) is 22.4. The van der Waals surface area contributed by atoms with Crippen molar-refractivity contribution < 1.29 is 32.7 Å². The molecule has 0 amide bonds.